The van der Waals surface area contributed by atoms with Crippen LogP contribution in [0.4, 0.5) is 5.69 Å². The fraction of sp³-hybridized carbons (Fsp3) is 0.364. The molecule has 1 aromatic carbocycles. The molecular formula is C22H23N5O3S2. The van der Waals surface area contributed by atoms with Crippen molar-refractivity contribution < 1.29 is 9.53 Å². The number of carbonyl (C=O) groups is 1. The van der Waals surface area contributed by atoms with Crippen LogP contribution >= 0.6 is 23.1 Å². The normalized spacial score (nSPS) is 16.2. The maximum atomic E-state index is 13.1. The first kappa shape index (κ1) is 21.2. The highest BCUT2D eigenvalue weighted by atomic mass is 32.2. The molecule has 32 heavy (non-hydrogen) atoms. The van der Waals surface area contributed by atoms with Gasteiger partial charge in [0.1, 0.15) is 4.70 Å². The van der Waals surface area contributed by atoms with Gasteiger partial charge in [0.25, 0.3) is 5.56 Å². The number of benzene rings is 1. The van der Waals surface area contributed by atoms with Crippen LogP contribution in [0.5, 0.6) is 0 Å². The molecule has 166 valence electrons. The molecule has 0 radical (unpaired) electrons. The highest BCUT2D eigenvalue weighted by molar-refractivity contribution is 7.99. The quantitative estimate of drug-likeness (QED) is 0.434. The SMILES string of the molecule is Cc1ccc(NC(=O)CSc2nnc3n(C[C@@H]4CCCO4)c(=O)c4sccc4n23)cc1C. The summed E-state index contributed by atoms with van der Waals surface area (Å²) in [5.74, 6) is 0.544. The summed E-state index contributed by atoms with van der Waals surface area (Å²) in [5.41, 5.74) is 3.77. The summed E-state index contributed by atoms with van der Waals surface area (Å²) < 4.78 is 9.92. The molecule has 0 spiro atoms. The van der Waals surface area contributed by atoms with Gasteiger partial charge in [-0.15, -0.1) is 21.5 Å². The van der Waals surface area contributed by atoms with Gasteiger partial charge in [0.2, 0.25) is 11.7 Å². The lowest BCUT2D eigenvalue weighted by molar-refractivity contribution is -0.113. The molecule has 8 nitrogen and oxygen atoms in total. The molecule has 0 bridgehead atoms. The maximum Gasteiger partial charge on any atom is 0.272 e. The van der Waals surface area contributed by atoms with Crippen LogP contribution in [0.3, 0.4) is 0 Å². The van der Waals surface area contributed by atoms with Crippen LogP contribution in [0.1, 0.15) is 24.0 Å². The predicted molar refractivity (Wildman–Crippen MR) is 127 cm³/mol. The Labute approximate surface area is 192 Å². The van der Waals surface area contributed by atoms with E-state index in [2.05, 4.69) is 15.5 Å². The molecule has 0 aliphatic carbocycles. The van der Waals surface area contributed by atoms with Gasteiger partial charge >= 0.3 is 0 Å². The van der Waals surface area contributed by atoms with Crippen molar-refractivity contribution in [2.75, 3.05) is 17.7 Å². The van der Waals surface area contributed by atoms with E-state index in [1.54, 1.807) is 4.57 Å². The van der Waals surface area contributed by atoms with Gasteiger partial charge < -0.3 is 10.1 Å². The minimum atomic E-state index is -0.121. The van der Waals surface area contributed by atoms with Crippen LogP contribution in [-0.2, 0) is 16.1 Å². The third-order valence-electron chi connectivity index (χ3n) is 5.72. The van der Waals surface area contributed by atoms with Gasteiger partial charge in [-0.25, -0.2) is 0 Å². The second-order valence-electron chi connectivity index (χ2n) is 7.94. The second kappa shape index (κ2) is 8.68. The largest absolute Gasteiger partial charge is 0.376 e. The van der Waals surface area contributed by atoms with Crippen molar-refractivity contribution in [3.63, 3.8) is 0 Å². The van der Waals surface area contributed by atoms with Crippen molar-refractivity contribution >= 4 is 50.7 Å². The number of thioether (sulfide) groups is 1. The molecule has 1 N–H and O–H groups in total. The zero-order chi connectivity index (χ0) is 22.2. The third kappa shape index (κ3) is 3.94. The molecule has 5 rings (SSSR count). The van der Waals surface area contributed by atoms with Crippen molar-refractivity contribution in [1.29, 1.82) is 0 Å². The zero-order valence-corrected chi connectivity index (χ0v) is 19.5. The lowest BCUT2D eigenvalue weighted by Crippen LogP contribution is -2.28. The van der Waals surface area contributed by atoms with E-state index in [1.165, 1.54) is 28.7 Å². The lowest BCUT2D eigenvalue weighted by Gasteiger charge is -2.13. The Hall–Kier alpha value is -2.69. The van der Waals surface area contributed by atoms with E-state index in [-0.39, 0.29) is 23.3 Å². The van der Waals surface area contributed by atoms with E-state index in [0.717, 1.165) is 36.2 Å². The Balaban J connectivity index is 1.42. The summed E-state index contributed by atoms with van der Waals surface area (Å²) >= 11 is 2.70. The molecule has 10 heteroatoms. The van der Waals surface area contributed by atoms with Crippen LogP contribution in [0.2, 0.25) is 0 Å². The molecule has 3 aromatic heterocycles. The van der Waals surface area contributed by atoms with Crippen LogP contribution in [0.25, 0.3) is 16.0 Å². The zero-order valence-electron chi connectivity index (χ0n) is 17.8. The predicted octanol–water partition coefficient (Wildman–Crippen LogP) is 3.63. The van der Waals surface area contributed by atoms with Crippen LogP contribution in [-0.4, -0.2) is 43.5 Å². The molecule has 1 aliphatic rings. The Morgan fingerprint density at radius 3 is 2.94 bits per heavy atom. The number of hydrogen-bond donors (Lipinski definition) is 1. The number of thiophene rings is 1. The Kier molecular flexibility index (Phi) is 5.75. The van der Waals surface area contributed by atoms with Gasteiger partial charge in [-0.1, -0.05) is 17.8 Å². The summed E-state index contributed by atoms with van der Waals surface area (Å²) in [5, 5.41) is 14.0. The summed E-state index contributed by atoms with van der Waals surface area (Å²) in [6.45, 7) is 5.23. The standard InChI is InChI=1S/C22H23N5O3S2/c1-13-5-6-15(10-14(13)2)23-18(28)12-32-22-25-24-21-26(11-16-4-3-8-30-16)20(29)19-17(27(21)22)7-9-31-19/h5-7,9-10,16H,3-4,8,11-12H2,1-2H3,(H,23,28)/t16-/m0/s1. The van der Waals surface area contributed by atoms with E-state index in [9.17, 15) is 9.59 Å². The first-order valence-corrected chi connectivity index (χ1v) is 12.3. The van der Waals surface area contributed by atoms with Gasteiger partial charge in [-0.05, 0) is 61.4 Å². The highest BCUT2D eigenvalue weighted by Gasteiger charge is 2.23. The molecule has 1 amide bonds. The fourth-order valence-corrected chi connectivity index (χ4v) is 5.46. The van der Waals surface area contributed by atoms with Crippen LogP contribution in [0, 0.1) is 13.8 Å². The molecule has 0 saturated carbocycles. The lowest BCUT2D eigenvalue weighted by atomic mass is 10.1. The molecule has 1 atom stereocenters. The van der Waals surface area contributed by atoms with Crippen molar-refractivity contribution in [2.45, 2.75) is 44.5 Å². The number of nitrogens with one attached hydrogen (secondary N) is 1. The van der Waals surface area contributed by atoms with E-state index >= 15 is 0 Å². The van der Waals surface area contributed by atoms with E-state index < -0.39 is 0 Å². The van der Waals surface area contributed by atoms with Gasteiger partial charge in [0.15, 0.2) is 5.16 Å². The number of aryl methyl sites for hydroxylation is 2. The summed E-state index contributed by atoms with van der Waals surface area (Å²) in [6.07, 6.45) is 1.93. The second-order valence-corrected chi connectivity index (χ2v) is 9.80. The fourth-order valence-electron chi connectivity index (χ4n) is 3.90. The third-order valence-corrected chi connectivity index (χ3v) is 7.54. The number of rotatable bonds is 6. The Bertz CT molecular complexity index is 1370. The van der Waals surface area contributed by atoms with Crippen LogP contribution in [0.15, 0.2) is 39.6 Å². The first-order chi connectivity index (χ1) is 15.5. The summed E-state index contributed by atoms with van der Waals surface area (Å²) in [6, 6.07) is 7.75. The summed E-state index contributed by atoms with van der Waals surface area (Å²) in [7, 11) is 0. The Morgan fingerprint density at radius 2 is 2.16 bits per heavy atom. The highest BCUT2D eigenvalue weighted by Crippen LogP contribution is 2.25. The number of carbonyl (C=O) groups excluding carboxylic acids is 1. The molecular weight excluding hydrogens is 446 g/mol. The molecule has 0 unspecified atom stereocenters. The van der Waals surface area contributed by atoms with E-state index in [1.807, 2.05) is 47.9 Å². The minimum absolute atomic E-state index is 0.00505. The first-order valence-electron chi connectivity index (χ1n) is 10.5. The average molecular weight is 470 g/mol. The number of anilines is 1. The van der Waals surface area contributed by atoms with Gasteiger partial charge in [-0.2, -0.15) is 0 Å². The van der Waals surface area contributed by atoms with Gasteiger partial charge in [-0.3, -0.25) is 18.6 Å². The van der Waals surface area contributed by atoms with Crippen molar-refractivity contribution in [3.8, 4) is 0 Å². The van der Waals surface area contributed by atoms with Crippen molar-refractivity contribution in [1.82, 2.24) is 19.2 Å². The van der Waals surface area contributed by atoms with Gasteiger partial charge in [0, 0.05) is 12.3 Å². The minimum Gasteiger partial charge on any atom is -0.376 e. The number of ether oxygens (including phenoxy) is 1. The number of nitrogens with zero attached hydrogens (tertiary/aromatic N) is 4. The van der Waals surface area contributed by atoms with Crippen molar-refractivity contribution in [2.24, 2.45) is 0 Å². The number of amides is 1. The number of aromatic nitrogens is 4. The molecule has 4 aromatic rings. The van der Waals surface area contributed by atoms with E-state index in [4.69, 9.17) is 4.74 Å². The topological polar surface area (TPSA) is 90.5 Å². The molecule has 4 heterocycles. The monoisotopic (exact) mass is 469 g/mol. The summed E-state index contributed by atoms with van der Waals surface area (Å²) in [4.78, 5) is 25.6. The maximum absolute atomic E-state index is 13.1. The van der Waals surface area contributed by atoms with Crippen molar-refractivity contribution in [3.05, 3.63) is 51.1 Å². The molecule has 1 fully saturated rings. The molecule has 1 aliphatic heterocycles. The number of fused-ring (bicyclic) bond motifs is 3. The van der Waals surface area contributed by atoms with E-state index in [0.29, 0.717) is 22.2 Å². The van der Waals surface area contributed by atoms with Crippen LogP contribution < -0.4 is 10.9 Å². The van der Waals surface area contributed by atoms with Gasteiger partial charge in [0.05, 0.1) is 23.9 Å². The molecule has 1 saturated heterocycles. The smallest absolute Gasteiger partial charge is 0.272 e. The number of hydrogen-bond acceptors (Lipinski definition) is 7. The Morgan fingerprint density at radius 1 is 1.28 bits per heavy atom. The average Bonchev–Trinajstić information content (AvgIpc) is 3.52.